The van der Waals surface area contributed by atoms with E-state index in [4.69, 9.17) is 9.40 Å². The maximum Gasteiger partial charge on any atom is 0.267 e. The molecule has 160 valence electrons. The number of hydrogen-bond donors (Lipinski definition) is 0. The molecule has 3 heterocycles. The van der Waals surface area contributed by atoms with E-state index in [1.165, 1.54) is 23.1 Å². The Morgan fingerprint density at radius 2 is 1.97 bits per heavy atom. The Balaban J connectivity index is 1.71. The molecule has 1 aromatic carbocycles. The summed E-state index contributed by atoms with van der Waals surface area (Å²) in [5, 5.41) is 1.17. The highest BCUT2D eigenvalue weighted by Gasteiger charge is 2.20. The number of nitrogens with zero attached hydrogens (tertiary/aromatic N) is 3. The van der Waals surface area contributed by atoms with Gasteiger partial charge in [-0.05, 0) is 50.1 Å². The van der Waals surface area contributed by atoms with Gasteiger partial charge < -0.3 is 9.32 Å². The van der Waals surface area contributed by atoms with E-state index in [-0.39, 0.29) is 17.2 Å². The maximum absolute atomic E-state index is 13.5. The minimum Gasteiger partial charge on any atom is -0.467 e. The molecule has 0 aliphatic rings. The van der Waals surface area contributed by atoms with Gasteiger partial charge in [-0.2, -0.15) is 0 Å². The number of aryl methyl sites for hydroxylation is 3. The van der Waals surface area contributed by atoms with Gasteiger partial charge in [-0.25, -0.2) is 4.98 Å². The first-order valence-electron chi connectivity index (χ1n) is 9.84. The van der Waals surface area contributed by atoms with E-state index in [0.29, 0.717) is 21.9 Å². The molecule has 0 atom stereocenters. The number of furan rings is 1. The van der Waals surface area contributed by atoms with Gasteiger partial charge in [0.25, 0.3) is 5.56 Å². The fraction of sp³-hybridized carbons (Fsp3) is 0.261. The number of thiophene rings is 1. The summed E-state index contributed by atoms with van der Waals surface area (Å²) in [4.78, 5) is 34.4. The van der Waals surface area contributed by atoms with Gasteiger partial charge in [0.05, 0.1) is 29.6 Å². The van der Waals surface area contributed by atoms with Crippen molar-refractivity contribution >= 4 is 39.2 Å². The fourth-order valence-electron chi connectivity index (χ4n) is 3.36. The van der Waals surface area contributed by atoms with E-state index in [9.17, 15) is 9.59 Å². The number of thioether (sulfide) groups is 1. The number of hydrogen-bond acceptors (Lipinski definition) is 6. The average molecular weight is 454 g/mol. The molecule has 0 aliphatic carbocycles. The van der Waals surface area contributed by atoms with E-state index < -0.39 is 0 Å². The predicted molar refractivity (Wildman–Crippen MR) is 125 cm³/mol. The first kappa shape index (κ1) is 21.4. The van der Waals surface area contributed by atoms with Crippen molar-refractivity contribution < 1.29 is 9.21 Å². The van der Waals surface area contributed by atoms with Gasteiger partial charge in [-0.15, -0.1) is 11.3 Å². The van der Waals surface area contributed by atoms with Crippen LogP contribution in [-0.4, -0.2) is 33.2 Å². The normalized spacial score (nSPS) is 11.2. The fourth-order valence-corrected chi connectivity index (χ4v) is 5.38. The molecule has 0 saturated heterocycles. The third-order valence-electron chi connectivity index (χ3n) is 5.25. The number of rotatable bonds is 6. The van der Waals surface area contributed by atoms with Crippen LogP contribution in [0.1, 0.15) is 21.8 Å². The monoisotopic (exact) mass is 453 g/mol. The largest absolute Gasteiger partial charge is 0.467 e. The summed E-state index contributed by atoms with van der Waals surface area (Å²) in [7, 11) is 1.74. The summed E-state index contributed by atoms with van der Waals surface area (Å²) < 4.78 is 6.97. The zero-order valence-electron chi connectivity index (χ0n) is 17.8. The lowest BCUT2D eigenvalue weighted by Crippen LogP contribution is -2.28. The molecule has 0 N–H and O–H groups in total. The summed E-state index contributed by atoms with van der Waals surface area (Å²) in [6.45, 7) is 6.32. The molecule has 1 amide bonds. The number of para-hydroxylation sites is 1. The predicted octanol–water partition coefficient (Wildman–Crippen LogP) is 4.72. The van der Waals surface area contributed by atoms with Crippen LogP contribution in [-0.2, 0) is 11.3 Å². The van der Waals surface area contributed by atoms with Gasteiger partial charge in [0.15, 0.2) is 5.16 Å². The van der Waals surface area contributed by atoms with Crippen LogP contribution >= 0.6 is 23.1 Å². The van der Waals surface area contributed by atoms with Crippen molar-refractivity contribution in [3.05, 3.63) is 74.8 Å². The van der Waals surface area contributed by atoms with Gasteiger partial charge in [0, 0.05) is 11.9 Å². The highest BCUT2D eigenvalue weighted by atomic mass is 32.2. The van der Waals surface area contributed by atoms with Gasteiger partial charge in [0.2, 0.25) is 5.91 Å². The first-order valence-corrected chi connectivity index (χ1v) is 11.6. The second kappa shape index (κ2) is 8.72. The molecule has 4 aromatic rings. The lowest BCUT2D eigenvalue weighted by Gasteiger charge is -2.17. The lowest BCUT2D eigenvalue weighted by atomic mass is 10.2. The van der Waals surface area contributed by atoms with Crippen molar-refractivity contribution in [1.29, 1.82) is 0 Å². The SMILES string of the molecule is Cc1ccccc1-n1c(SCC(=O)N(C)Cc2ccco2)nc2sc(C)c(C)c2c1=O. The molecule has 0 aliphatic heterocycles. The van der Waals surface area contributed by atoms with E-state index in [0.717, 1.165) is 27.5 Å². The smallest absolute Gasteiger partial charge is 0.267 e. The Morgan fingerprint density at radius 3 is 2.68 bits per heavy atom. The van der Waals surface area contributed by atoms with Gasteiger partial charge in [0.1, 0.15) is 10.6 Å². The van der Waals surface area contributed by atoms with Crippen molar-refractivity contribution in [2.24, 2.45) is 0 Å². The van der Waals surface area contributed by atoms with E-state index in [2.05, 4.69) is 0 Å². The van der Waals surface area contributed by atoms with Crippen molar-refractivity contribution in [2.45, 2.75) is 32.5 Å². The number of fused-ring (bicyclic) bond motifs is 1. The van der Waals surface area contributed by atoms with Gasteiger partial charge in [-0.1, -0.05) is 30.0 Å². The van der Waals surface area contributed by atoms with Gasteiger partial charge >= 0.3 is 0 Å². The zero-order chi connectivity index (χ0) is 22.1. The summed E-state index contributed by atoms with van der Waals surface area (Å²) in [5.41, 5.74) is 2.62. The van der Waals surface area contributed by atoms with Crippen LogP contribution < -0.4 is 5.56 Å². The number of aromatic nitrogens is 2. The van der Waals surface area contributed by atoms with Crippen molar-refractivity contribution in [3.8, 4) is 5.69 Å². The summed E-state index contributed by atoms with van der Waals surface area (Å²) in [6, 6.07) is 11.4. The quantitative estimate of drug-likeness (QED) is 0.312. The van der Waals surface area contributed by atoms with Crippen molar-refractivity contribution in [2.75, 3.05) is 12.8 Å². The minimum absolute atomic E-state index is 0.0642. The topological polar surface area (TPSA) is 68.3 Å². The van der Waals surface area contributed by atoms with Crippen LogP contribution in [0.3, 0.4) is 0 Å². The number of carbonyl (C=O) groups excluding carboxylic acids is 1. The number of carbonyl (C=O) groups is 1. The highest BCUT2D eigenvalue weighted by Crippen LogP contribution is 2.30. The summed E-state index contributed by atoms with van der Waals surface area (Å²) in [5.74, 6) is 0.831. The first-order chi connectivity index (χ1) is 14.9. The Hall–Kier alpha value is -2.84. The lowest BCUT2D eigenvalue weighted by molar-refractivity contribution is -0.127. The molecule has 6 nitrogen and oxygen atoms in total. The Kier molecular flexibility index (Phi) is 6.02. The highest BCUT2D eigenvalue weighted by molar-refractivity contribution is 7.99. The Labute approximate surface area is 188 Å². The molecule has 8 heteroatoms. The van der Waals surface area contributed by atoms with E-state index in [1.807, 2.05) is 51.1 Å². The number of benzene rings is 1. The van der Waals surface area contributed by atoms with Crippen molar-refractivity contribution in [3.63, 3.8) is 0 Å². The number of amides is 1. The maximum atomic E-state index is 13.5. The molecule has 0 bridgehead atoms. The van der Waals surface area contributed by atoms with E-state index >= 15 is 0 Å². The third-order valence-corrected chi connectivity index (χ3v) is 7.28. The summed E-state index contributed by atoms with van der Waals surface area (Å²) >= 11 is 2.79. The second-order valence-corrected chi connectivity index (χ2v) is 9.55. The van der Waals surface area contributed by atoms with Crippen molar-refractivity contribution in [1.82, 2.24) is 14.5 Å². The standard InChI is InChI=1S/C23H23N3O3S2/c1-14-8-5-6-10-18(14)26-22(28)20-15(2)16(3)31-21(20)24-23(26)30-13-19(27)25(4)12-17-9-7-11-29-17/h5-11H,12-13H2,1-4H3. The van der Waals surface area contributed by atoms with Crippen LogP contribution in [0.15, 0.2) is 57.0 Å². The molecule has 4 rings (SSSR count). The average Bonchev–Trinajstić information content (AvgIpc) is 3.35. The molecular formula is C23H23N3O3S2. The van der Waals surface area contributed by atoms with Crippen LogP contribution in [0.2, 0.25) is 0 Å². The third kappa shape index (κ3) is 4.18. The molecule has 0 radical (unpaired) electrons. The minimum atomic E-state index is -0.0972. The molecule has 0 spiro atoms. The molecular weight excluding hydrogens is 430 g/mol. The summed E-state index contributed by atoms with van der Waals surface area (Å²) in [6.07, 6.45) is 1.59. The van der Waals surface area contributed by atoms with Crippen LogP contribution in [0, 0.1) is 20.8 Å². The second-order valence-electron chi connectivity index (χ2n) is 7.40. The Bertz CT molecular complexity index is 1310. The Morgan fingerprint density at radius 1 is 1.19 bits per heavy atom. The van der Waals surface area contributed by atoms with Gasteiger partial charge in [-0.3, -0.25) is 14.2 Å². The molecule has 3 aromatic heterocycles. The van der Waals surface area contributed by atoms with Crippen LogP contribution in [0.25, 0.3) is 15.9 Å². The molecule has 0 saturated carbocycles. The van der Waals surface area contributed by atoms with E-state index in [1.54, 1.807) is 28.8 Å². The molecule has 31 heavy (non-hydrogen) atoms. The molecule has 0 fully saturated rings. The zero-order valence-corrected chi connectivity index (χ0v) is 19.5. The van der Waals surface area contributed by atoms with Crippen LogP contribution in [0.4, 0.5) is 0 Å². The molecule has 0 unspecified atom stereocenters. The van der Waals surface area contributed by atoms with Crippen LogP contribution in [0.5, 0.6) is 0 Å².